The molecule has 2 N–H and O–H groups in total. The molecule has 1 aromatic heterocycles. The van der Waals surface area contributed by atoms with Crippen LogP contribution in [0.15, 0.2) is 30.6 Å². The number of nitrogens with zero attached hydrogens (tertiary/aromatic N) is 2. The zero-order chi connectivity index (χ0) is 14.7. The Balaban J connectivity index is 2.21. The summed E-state index contributed by atoms with van der Waals surface area (Å²) in [6.45, 7) is 9.74. The highest BCUT2D eigenvalue weighted by Crippen LogP contribution is 2.25. The number of hydrogen-bond donors (Lipinski definition) is 1. The molecule has 0 unspecified atom stereocenters. The van der Waals surface area contributed by atoms with Gasteiger partial charge in [-0.15, -0.1) is 0 Å². The first-order valence-electron chi connectivity index (χ1n) is 7.37. The van der Waals surface area contributed by atoms with Crippen molar-refractivity contribution in [3.05, 3.63) is 36.2 Å². The molecule has 3 nitrogen and oxygen atoms in total. The van der Waals surface area contributed by atoms with Crippen LogP contribution in [-0.4, -0.2) is 9.55 Å². The van der Waals surface area contributed by atoms with Gasteiger partial charge in [-0.05, 0) is 23.8 Å². The number of nitrogens with two attached hydrogens (primary N) is 1. The molecule has 1 aromatic carbocycles. The molecule has 0 bridgehead atoms. The van der Waals surface area contributed by atoms with Gasteiger partial charge in [-0.1, -0.05) is 52.0 Å². The Hall–Kier alpha value is -1.77. The second kappa shape index (κ2) is 6.12. The summed E-state index contributed by atoms with van der Waals surface area (Å²) in [5.41, 5.74) is 9.55. The number of aromatic nitrogens is 2. The number of rotatable bonds is 5. The molecule has 3 heteroatoms. The van der Waals surface area contributed by atoms with Gasteiger partial charge in [0, 0.05) is 12.1 Å². The van der Waals surface area contributed by atoms with E-state index in [1.807, 2.05) is 10.9 Å². The molecule has 0 radical (unpaired) electrons. The molecule has 20 heavy (non-hydrogen) atoms. The van der Waals surface area contributed by atoms with E-state index in [0.29, 0.717) is 11.8 Å². The Morgan fingerprint density at radius 2 is 1.70 bits per heavy atom. The number of nitrogen functional groups attached to an aromatic ring is 1. The van der Waals surface area contributed by atoms with Crippen LogP contribution < -0.4 is 5.73 Å². The lowest BCUT2D eigenvalue weighted by Crippen LogP contribution is -2.06. The van der Waals surface area contributed by atoms with Crippen molar-refractivity contribution in [2.75, 3.05) is 5.73 Å². The first kappa shape index (κ1) is 14.6. The zero-order valence-electron chi connectivity index (χ0n) is 12.9. The first-order valence-corrected chi connectivity index (χ1v) is 7.37. The van der Waals surface area contributed by atoms with Gasteiger partial charge in [-0.3, -0.25) is 0 Å². The summed E-state index contributed by atoms with van der Waals surface area (Å²) in [5.74, 6) is 2.00. The fourth-order valence-electron chi connectivity index (χ4n) is 2.42. The summed E-state index contributed by atoms with van der Waals surface area (Å²) >= 11 is 0. The molecule has 0 atom stereocenters. The third-order valence-corrected chi connectivity index (χ3v) is 3.31. The second-order valence-corrected chi connectivity index (χ2v) is 6.32. The van der Waals surface area contributed by atoms with Crippen molar-refractivity contribution in [3.8, 4) is 11.3 Å². The van der Waals surface area contributed by atoms with Crippen molar-refractivity contribution in [3.63, 3.8) is 0 Å². The third kappa shape index (κ3) is 3.41. The van der Waals surface area contributed by atoms with E-state index < -0.39 is 0 Å². The summed E-state index contributed by atoms with van der Waals surface area (Å²) in [6.07, 6.45) is 2.95. The predicted molar refractivity (Wildman–Crippen MR) is 85.5 cm³/mol. The van der Waals surface area contributed by atoms with Gasteiger partial charge < -0.3 is 10.3 Å². The van der Waals surface area contributed by atoms with Gasteiger partial charge in [0.05, 0.1) is 6.33 Å². The van der Waals surface area contributed by atoms with Crippen LogP contribution in [0.25, 0.3) is 11.3 Å². The minimum atomic E-state index is 0.563. The topological polar surface area (TPSA) is 43.8 Å². The van der Waals surface area contributed by atoms with Crippen molar-refractivity contribution < 1.29 is 0 Å². The molecule has 0 aliphatic carbocycles. The van der Waals surface area contributed by atoms with Crippen LogP contribution in [0.5, 0.6) is 0 Å². The third-order valence-electron chi connectivity index (χ3n) is 3.31. The molecule has 2 aromatic rings. The van der Waals surface area contributed by atoms with E-state index in [0.717, 1.165) is 30.0 Å². The quantitative estimate of drug-likeness (QED) is 0.893. The molecule has 0 saturated carbocycles. The average molecular weight is 271 g/mol. The SMILES string of the molecule is CC(C)Cc1ccc(-c2ncn(CC(C)C)c2N)cc1. The summed E-state index contributed by atoms with van der Waals surface area (Å²) in [5, 5.41) is 0. The molecule has 0 aliphatic heterocycles. The molecule has 108 valence electrons. The van der Waals surface area contributed by atoms with Crippen molar-refractivity contribution in [2.45, 2.75) is 40.7 Å². The van der Waals surface area contributed by atoms with E-state index in [-0.39, 0.29) is 0 Å². The minimum absolute atomic E-state index is 0.563. The van der Waals surface area contributed by atoms with Crippen molar-refractivity contribution in [1.82, 2.24) is 9.55 Å². The molecular formula is C17H25N3. The summed E-state index contributed by atoms with van der Waals surface area (Å²) in [6, 6.07) is 8.60. The molecule has 0 saturated heterocycles. The van der Waals surface area contributed by atoms with E-state index in [2.05, 4.69) is 56.9 Å². The first-order chi connectivity index (χ1) is 9.47. The molecule has 1 heterocycles. The van der Waals surface area contributed by atoms with E-state index in [1.165, 1.54) is 5.56 Å². The van der Waals surface area contributed by atoms with Crippen LogP contribution in [0.4, 0.5) is 5.82 Å². The molecule has 0 amide bonds. The Kier molecular flexibility index (Phi) is 4.48. The molecule has 2 rings (SSSR count). The van der Waals surface area contributed by atoms with Gasteiger partial charge in [0.2, 0.25) is 0 Å². The smallest absolute Gasteiger partial charge is 0.131 e. The molecule has 0 fully saturated rings. The highest BCUT2D eigenvalue weighted by Gasteiger charge is 2.10. The maximum Gasteiger partial charge on any atom is 0.131 e. The van der Waals surface area contributed by atoms with Crippen LogP contribution in [0.3, 0.4) is 0 Å². The summed E-state index contributed by atoms with van der Waals surface area (Å²) < 4.78 is 2.03. The van der Waals surface area contributed by atoms with Gasteiger partial charge in [-0.25, -0.2) is 4.98 Å². The van der Waals surface area contributed by atoms with Crippen LogP contribution in [0, 0.1) is 11.8 Å². The number of hydrogen-bond acceptors (Lipinski definition) is 2. The predicted octanol–water partition coefficient (Wildman–Crippen LogP) is 3.99. The Morgan fingerprint density at radius 3 is 2.25 bits per heavy atom. The maximum absolute atomic E-state index is 6.20. The van der Waals surface area contributed by atoms with Gasteiger partial charge in [0.15, 0.2) is 0 Å². The number of imidazole rings is 1. The Labute approximate surface area is 121 Å². The van der Waals surface area contributed by atoms with Crippen LogP contribution >= 0.6 is 0 Å². The van der Waals surface area contributed by atoms with E-state index in [1.54, 1.807) is 0 Å². The summed E-state index contributed by atoms with van der Waals surface area (Å²) in [4.78, 5) is 4.47. The van der Waals surface area contributed by atoms with Gasteiger partial charge in [0.25, 0.3) is 0 Å². The van der Waals surface area contributed by atoms with Crippen molar-refractivity contribution in [1.29, 1.82) is 0 Å². The standard InChI is InChI=1S/C17H25N3/c1-12(2)9-14-5-7-15(8-6-14)16-17(18)20(11-19-16)10-13(3)4/h5-8,11-13H,9-10,18H2,1-4H3. The summed E-state index contributed by atoms with van der Waals surface area (Å²) in [7, 11) is 0. The van der Waals surface area contributed by atoms with Crippen LogP contribution in [0.2, 0.25) is 0 Å². The fraction of sp³-hybridized carbons (Fsp3) is 0.471. The number of anilines is 1. The maximum atomic E-state index is 6.20. The van der Waals surface area contributed by atoms with Gasteiger partial charge >= 0.3 is 0 Å². The molecule has 0 spiro atoms. The molecule has 0 aliphatic rings. The normalized spacial score (nSPS) is 11.5. The lowest BCUT2D eigenvalue weighted by atomic mass is 10.0. The van der Waals surface area contributed by atoms with Crippen LogP contribution in [-0.2, 0) is 13.0 Å². The Morgan fingerprint density at radius 1 is 1.05 bits per heavy atom. The largest absolute Gasteiger partial charge is 0.383 e. The van der Waals surface area contributed by atoms with E-state index >= 15 is 0 Å². The Bertz CT molecular complexity index is 550. The highest BCUT2D eigenvalue weighted by atomic mass is 15.1. The van der Waals surface area contributed by atoms with Crippen LogP contribution in [0.1, 0.15) is 33.3 Å². The average Bonchev–Trinajstić information content (AvgIpc) is 2.71. The lowest BCUT2D eigenvalue weighted by molar-refractivity contribution is 0.527. The minimum Gasteiger partial charge on any atom is -0.383 e. The van der Waals surface area contributed by atoms with Crippen molar-refractivity contribution in [2.24, 2.45) is 11.8 Å². The monoisotopic (exact) mass is 271 g/mol. The van der Waals surface area contributed by atoms with Crippen molar-refractivity contribution >= 4 is 5.82 Å². The van der Waals surface area contributed by atoms with Gasteiger partial charge in [-0.2, -0.15) is 0 Å². The van der Waals surface area contributed by atoms with E-state index in [4.69, 9.17) is 5.73 Å². The molecular weight excluding hydrogens is 246 g/mol. The fourth-order valence-corrected chi connectivity index (χ4v) is 2.42. The van der Waals surface area contributed by atoms with Gasteiger partial charge in [0.1, 0.15) is 11.5 Å². The lowest BCUT2D eigenvalue weighted by Gasteiger charge is -2.09. The second-order valence-electron chi connectivity index (χ2n) is 6.32. The number of benzene rings is 1. The van der Waals surface area contributed by atoms with E-state index in [9.17, 15) is 0 Å². The zero-order valence-corrected chi connectivity index (χ0v) is 12.9. The highest BCUT2D eigenvalue weighted by molar-refractivity contribution is 5.70.